The second-order valence-electron chi connectivity index (χ2n) is 6.39. The molecule has 0 aliphatic heterocycles. The standard InChI is InChI=1S/C17H20N4O3/c1-17(10-6-5-9-13(17)16(23)24)18-15(22)14-11-21(20-19-14)12-7-3-2-4-8-12/h2-4,7-8,11,13H,5-6,9-10H2,1H3,(H,18,22)(H,23,24). The van der Waals surface area contributed by atoms with Crippen molar-refractivity contribution in [2.75, 3.05) is 0 Å². The molecular formula is C17H20N4O3. The number of aromatic nitrogens is 3. The summed E-state index contributed by atoms with van der Waals surface area (Å²) in [4.78, 5) is 24.0. The van der Waals surface area contributed by atoms with Gasteiger partial charge in [-0.05, 0) is 31.9 Å². The zero-order valence-electron chi connectivity index (χ0n) is 13.5. The quantitative estimate of drug-likeness (QED) is 0.895. The highest BCUT2D eigenvalue weighted by atomic mass is 16.4. The first-order chi connectivity index (χ1) is 11.5. The van der Waals surface area contributed by atoms with Gasteiger partial charge in [-0.2, -0.15) is 0 Å². The second-order valence-corrected chi connectivity index (χ2v) is 6.39. The highest BCUT2D eigenvalue weighted by Gasteiger charge is 2.42. The maximum atomic E-state index is 12.5. The zero-order chi connectivity index (χ0) is 17.2. The van der Waals surface area contributed by atoms with Crippen LogP contribution in [0.1, 0.15) is 43.1 Å². The molecule has 126 valence electrons. The van der Waals surface area contributed by atoms with Crippen molar-refractivity contribution < 1.29 is 14.7 Å². The SMILES string of the molecule is CC1(NC(=O)c2cn(-c3ccccc3)nn2)CCCCC1C(=O)O. The van der Waals surface area contributed by atoms with Gasteiger partial charge in [-0.15, -0.1) is 5.10 Å². The smallest absolute Gasteiger partial charge is 0.308 e. The Bertz CT molecular complexity index is 743. The highest BCUT2D eigenvalue weighted by molar-refractivity contribution is 5.93. The van der Waals surface area contributed by atoms with Crippen LogP contribution in [-0.2, 0) is 4.79 Å². The number of benzene rings is 1. The van der Waals surface area contributed by atoms with E-state index in [0.717, 1.165) is 18.5 Å². The van der Waals surface area contributed by atoms with Gasteiger partial charge in [-0.1, -0.05) is 36.3 Å². The number of hydrogen-bond donors (Lipinski definition) is 2. The lowest BCUT2D eigenvalue weighted by Crippen LogP contribution is -2.55. The molecule has 1 heterocycles. The van der Waals surface area contributed by atoms with E-state index < -0.39 is 23.3 Å². The molecule has 1 fully saturated rings. The van der Waals surface area contributed by atoms with Crippen LogP contribution in [-0.4, -0.2) is 37.5 Å². The van der Waals surface area contributed by atoms with Crippen LogP contribution in [0.15, 0.2) is 36.5 Å². The number of carbonyl (C=O) groups is 2. The van der Waals surface area contributed by atoms with E-state index in [4.69, 9.17) is 0 Å². The second kappa shape index (κ2) is 6.43. The largest absolute Gasteiger partial charge is 0.481 e. The van der Waals surface area contributed by atoms with E-state index in [9.17, 15) is 14.7 Å². The Morgan fingerprint density at radius 2 is 2.04 bits per heavy atom. The summed E-state index contributed by atoms with van der Waals surface area (Å²) in [5.74, 6) is -1.85. The molecule has 2 unspecified atom stereocenters. The van der Waals surface area contributed by atoms with Gasteiger partial charge in [-0.3, -0.25) is 9.59 Å². The van der Waals surface area contributed by atoms with Crippen molar-refractivity contribution in [3.8, 4) is 5.69 Å². The molecule has 7 nitrogen and oxygen atoms in total. The van der Waals surface area contributed by atoms with Crippen molar-refractivity contribution in [2.45, 2.75) is 38.1 Å². The number of carboxylic acid groups (broad SMARTS) is 1. The van der Waals surface area contributed by atoms with Gasteiger partial charge in [0.15, 0.2) is 5.69 Å². The van der Waals surface area contributed by atoms with E-state index in [0.29, 0.717) is 12.8 Å². The summed E-state index contributed by atoms with van der Waals surface area (Å²) in [5.41, 5.74) is 0.212. The van der Waals surface area contributed by atoms with Crippen LogP contribution < -0.4 is 5.32 Å². The maximum absolute atomic E-state index is 12.5. The summed E-state index contributed by atoms with van der Waals surface area (Å²) in [7, 11) is 0. The van der Waals surface area contributed by atoms with Crippen molar-refractivity contribution in [3.63, 3.8) is 0 Å². The number of carboxylic acids is 1. The fourth-order valence-corrected chi connectivity index (χ4v) is 3.28. The molecule has 3 rings (SSSR count). The van der Waals surface area contributed by atoms with Gasteiger partial charge in [0, 0.05) is 0 Å². The number of hydrogen-bond acceptors (Lipinski definition) is 4. The Balaban J connectivity index is 1.77. The molecule has 2 aromatic rings. The molecule has 1 amide bonds. The summed E-state index contributed by atoms with van der Waals surface area (Å²) in [6.45, 7) is 1.80. The number of rotatable bonds is 4. The first kappa shape index (κ1) is 16.2. The molecule has 2 atom stereocenters. The molecule has 1 aliphatic rings. The third kappa shape index (κ3) is 3.15. The van der Waals surface area contributed by atoms with E-state index in [1.54, 1.807) is 13.1 Å². The number of nitrogens with one attached hydrogen (secondary N) is 1. The Kier molecular flexibility index (Phi) is 4.33. The lowest BCUT2D eigenvalue weighted by atomic mass is 9.74. The summed E-state index contributed by atoms with van der Waals surface area (Å²) < 4.78 is 1.52. The molecule has 1 aromatic heterocycles. The van der Waals surface area contributed by atoms with Crippen molar-refractivity contribution in [3.05, 3.63) is 42.2 Å². The van der Waals surface area contributed by atoms with Crippen molar-refractivity contribution in [2.24, 2.45) is 5.92 Å². The molecule has 1 aliphatic carbocycles. The molecule has 0 bridgehead atoms. The molecule has 0 spiro atoms. The first-order valence-electron chi connectivity index (χ1n) is 8.03. The van der Waals surface area contributed by atoms with Gasteiger partial charge >= 0.3 is 5.97 Å². The van der Waals surface area contributed by atoms with E-state index >= 15 is 0 Å². The van der Waals surface area contributed by atoms with E-state index in [1.165, 1.54) is 4.68 Å². The molecule has 1 saturated carbocycles. The van der Waals surface area contributed by atoms with E-state index in [-0.39, 0.29) is 5.69 Å². The van der Waals surface area contributed by atoms with Crippen LogP contribution in [0, 0.1) is 5.92 Å². The Hall–Kier alpha value is -2.70. The lowest BCUT2D eigenvalue weighted by molar-refractivity contribution is -0.145. The van der Waals surface area contributed by atoms with Crippen LogP contribution in [0.2, 0.25) is 0 Å². The summed E-state index contributed by atoms with van der Waals surface area (Å²) in [5, 5.41) is 20.2. The van der Waals surface area contributed by atoms with Crippen molar-refractivity contribution >= 4 is 11.9 Å². The summed E-state index contributed by atoms with van der Waals surface area (Å²) in [6, 6.07) is 9.36. The fraction of sp³-hybridized carbons (Fsp3) is 0.412. The lowest BCUT2D eigenvalue weighted by Gasteiger charge is -2.39. The minimum atomic E-state index is -0.870. The molecule has 24 heavy (non-hydrogen) atoms. The number of carbonyl (C=O) groups excluding carboxylic acids is 1. The topological polar surface area (TPSA) is 97.1 Å². The number of para-hydroxylation sites is 1. The van der Waals surface area contributed by atoms with Gasteiger partial charge < -0.3 is 10.4 Å². The Morgan fingerprint density at radius 3 is 2.75 bits per heavy atom. The fourth-order valence-electron chi connectivity index (χ4n) is 3.28. The normalized spacial score (nSPS) is 23.6. The van der Waals surface area contributed by atoms with E-state index in [1.807, 2.05) is 30.3 Å². The van der Waals surface area contributed by atoms with Crippen molar-refractivity contribution in [1.82, 2.24) is 20.3 Å². The van der Waals surface area contributed by atoms with Crippen molar-refractivity contribution in [1.29, 1.82) is 0 Å². The highest BCUT2D eigenvalue weighted by Crippen LogP contribution is 2.34. The van der Waals surface area contributed by atoms with Crippen LogP contribution in [0.5, 0.6) is 0 Å². The average Bonchev–Trinajstić information content (AvgIpc) is 3.05. The third-order valence-corrected chi connectivity index (χ3v) is 4.65. The van der Waals surface area contributed by atoms with Crippen LogP contribution in [0.4, 0.5) is 0 Å². The van der Waals surface area contributed by atoms with Crippen LogP contribution in [0.3, 0.4) is 0 Å². The Labute approximate surface area is 139 Å². The summed E-state index contributed by atoms with van der Waals surface area (Å²) >= 11 is 0. The molecule has 0 saturated heterocycles. The van der Waals surface area contributed by atoms with Gasteiger partial charge in [0.05, 0.1) is 23.3 Å². The van der Waals surface area contributed by atoms with Gasteiger partial charge in [0.25, 0.3) is 5.91 Å². The Morgan fingerprint density at radius 1 is 1.29 bits per heavy atom. The third-order valence-electron chi connectivity index (χ3n) is 4.65. The summed E-state index contributed by atoms with van der Waals surface area (Å²) in [6.07, 6.45) is 4.53. The molecular weight excluding hydrogens is 308 g/mol. The number of aliphatic carboxylic acids is 1. The van der Waals surface area contributed by atoms with Gasteiger partial charge in [0.2, 0.25) is 0 Å². The first-order valence-corrected chi connectivity index (χ1v) is 8.03. The molecule has 2 N–H and O–H groups in total. The monoisotopic (exact) mass is 328 g/mol. The molecule has 7 heteroatoms. The van der Waals surface area contributed by atoms with Gasteiger partial charge in [0.1, 0.15) is 0 Å². The van der Waals surface area contributed by atoms with Gasteiger partial charge in [-0.25, -0.2) is 4.68 Å². The predicted molar refractivity (Wildman–Crippen MR) is 86.8 cm³/mol. The maximum Gasteiger partial charge on any atom is 0.308 e. The number of amides is 1. The van der Waals surface area contributed by atoms with Crippen LogP contribution in [0.25, 0.3) is 5.69 Å². The number of nitrogens with zero attached hydrogens (tertiary/aromatic N) is 3. The minimum absolute atomic E-state index is 0.176. The molecule has 0 radical (unpaired) electrons. The van der Waals surface area contributed by atoms with E-state index in [2.05, 4.69) is 15.6 Å². The average molecular weight is 328 g/mol. The molecule has 1 aromatic carbocycles. The van der Waals surface area contributed by atoms with Crippen LogP contribution >= 0.6 is 0 Å². The predicted octanol–water partition coefficient (Wildman–Crippen LogP) is 2.03. The zero-order valence-corrected chi connectivity index (χ0v) is 13.5. The minimum Gasteiger partial charge on any atom is -0.481 e.